The molecule has 0 aliphatic rings. The quantitative estimate of drug-likeness (QED) is 0.0320. The summed E-state index contributed by atoms with van der Waals surface area (Å²) in [5, 5.41) is 23.4. The molecule has 0 aliphatic carbocycles. The van der Waals surface area contributed by atoms with Crippen LogP contribution in [0, 0.1) is 0 Å². The van der Waals surface area contributed by atoms with Crippen LogP contribution in [-0.4, -0.2) is 47.4 Å². The number of ether oxygens (including phenoxy) is 1. The van der Waals surface area contributed by atoms with E-state index in [9.17, 15) is 19.8 Å². The SMILES string of the molecule is CCCCC/C=C\C/C=C\CCCCCCCCCC(=O)OCCCCCCCCCCCC/C=C\CCCCCCCCCC(=O)NC(CO)C(O)CCCCCCCCCCCCCCCCCCCCCCCCCC. The lowest BCUT2D eigenvalue weighted by Crippen LogP contribution is -2.45. The minimum absolute atomic E-state index is 0.00126. The lowest BCUT2D eigenvalue weighted by Gasteiger charge is -2.22. The Morgan fingerprint density at radius 3 is 1.00 bits per heavy atom. The second-order valence-corrected chi connectivity index (χ2v) is 24.6. The van der Waals surface area contributed by atoms with Crippen LogP contribution in [0.2, 0.25) is 0 Å². The van der Waals surface area contributed by atoms with Crippen molar-refractivity contribution >= 4 is 11.9 Å². The molecule has 466 valence electrons. The van der Waals surface area contributed by atoms with Gasteiger partial charge >= 0.3 is 5.97 Å². The molecule has 0 radical (unpaired) electrons. The standard InChI is InChI=1S/C73H139NO5/c1-3-5-7-9-11-13-15-17-19-21-22-23-24-25-27-30-34-37-41-45-49-53-57-61-65-71(76)70(69-75)74-72(77)66-62-58-54-50-46-42-38-35-31-28-26-29-32-36-40-44-48-52-56-60-64-68-79-73(78)67-63-59-55-51-47-43-39-33-20-18-16-14-12-10-8-6-4-2/h12,14,18,20,28,31,70-71,75-76H,3-11,13,15-17,19,21-27,29-30,32-69H2,1-2H3,(H,74,77)/b14-12-,20-18-,31-28-. The molecule has 3 N–H and O–H groups in total. The molecule has 0 aromatic rings. The molecule has 0 saturated heterocycles. The van der Waals surface area contributed by atoms with E-state index in [1.807, 2.05) is 0 Å². The molecule has 6 nitrogen and oxygen atoms in total. The van der Waals surface area contributed by atoms with Crippen molar-refractivity contribution < 1.29 is 24.5 Å². The van der Waals surface area contributed by atoms with Crippen molar-refractivity contribution in [1.82, 2.24) is 5.32 Å². The number of carbonyl (C=O) groups is 2. The minimum atomic E-state index is -0.671. The van der Waals surface area contributed by atoms with Gasteiger partial charge in [0.15, 0.2) is 0 Å². The molecule has 0 aromatic heterocycles. The van der Waals surface area contributed by atoms with Gasteiger partial charge in [0.25, 0.3) is 0 Å². The lowest BCUT2D eigenvalue weighted by molar-refractivity contribution is -0.143. The molecule has 0 bridgehead atoms. The van der Waals surface area contributed by atoms with Gasteiger partial charge in [-0.3, -0.25) is 9.59 Å². The number of allylic oxidation sites excluding steroid dienone is 6. The molecule has 2 unspecified atom stereocenters. The molecule has 0 heterocycles. The molecule has 2 atom stereocenters. The number of nitrogens with one attached hydrogen (secondary N) is 1. The number of rotatable bonds is 67. The van der Waals surface area contributed by atoms with Crippen molar-refractivity contribution in [1.29, 1.82) is 0 Å². The van der Waals surface area contributed by atoms with Gasteiger partial charge in [0.05, 0.1) is 25.4 Å². The van der Waals surface area contributed by atoms with Crippen LogP contribution in [0.5, 0.6) is 0 Å². The van der Waals surface area contributed by atoms with Crippen molar-refractivity contribution in [3.8, 4) is 0 Å². The molecular formula is C73H139NO5. The topological polar surface area (TPSA) is 95.9 Å². The molecule has 0 fully saturated rings. The number of aliphatic hydroxyl groups is 2. The molecule has 1 amide bonds. The van der Waals surface area contributed by atoms with Crippen LogP contribution in [0.1, 0.15) is 393 Å². The molecule has 0 rings (SSSR count). The fraction of sp³-hybridized carbons (Fsp3) is 0.890. The Morgan fingerprint density at radius 2 is 0.633 bits per heavy atom. The maximum atomic E-state index is 12.6. The van der Waals surface area contributed by atoms with Crippen LogP contribution >= 0.6 is 0 Å². The number of carbonyl (C=O) groups excluding carboxylic acids is 2. The van der Waals surface area contributed by atoms with Gasteiger partial charge in [-0.2, -0.15) is 0 Å². The van der Waals surface area contributed by atoms with Crippen molar-refractivity contribution in [2.45, 2.75) is 405 Å². The Morgan fingerprint density at radius 1 is 0.354 bits per heavy atom. The molecule has 6 heteroatoms. The van der Waals surface area contributed by atoms with Crippen molar-refractivity contribution in [2.24, 2.45) is 0 Å². The summed E-state index contributed by atoms with van der Waals surface area (Å²) in [6.45, 7) is 4.95. The molecule has 0 saturated carbocycles. The Balaban J connectivity index is 3.42. The Kier molecular flexibility index (Phi) is 66.9. The summed E-state index contributed by atoms with van der Waals surface area (Å²) in [7, 11) is 0. The van der Waals surface area contributed by atoms with E-state index in [-0.39, 0.29) is 18.5 Å². The zero-order valence-corrected chi connectivity index (χ0v) is 53.4. The van der Waals surface area contributed by atoms with Gasteiger partial charge in [-0.25, -0.2) is 0 Å². The number of hydrogen-bond acceptors (Lipinski definition) is 5. The van der Waals surface area contributed by atoms with Crippen molar-refractivity contribution in [3.05, 3.63) is 36.5 Å². The first kappa shape index (κ1) is 77.1. The highest BCUT2D eigenvalue weighted by Crippen LogP contribution is 2.19. The van der Waals surface area contributed by atoms with E-state index in [0.717, 1.165) is 51.4 Å². The van der Waals surface area contributed by atoms with E-state index in [1.54, 1.807) is 0 Å². The van der Waals surface area contributed by atoms with E-state index in [2.05, 4.69) is 55.6 Å². The molecular weight excluding hydrogens is 971 g/mol. The van der Waals surface area contributed by atoms with Crippen LogP contribution in [-0.2, 0) is 14.3 Å². The van der Waals surface area contributed by atoms with Crippen LogP contribution in [0.4, 0.5) is 0 Å². The normalized spacial score (nSPS) is 12.7. The fourth-order valence-electron chi connectivity index (χ4n) is 11.2. The predicted molar refractivity (Wildman–Crippen MR) is 347 cm³/mol. The lowest BCUT2D eigenvalue weighted by atomic mass is 10.0. The van der Waals surface area contributed by atoms with Gasteiger partial charge in [-0.15, -0.1) is 0 Å². The minimum Gasteiger partial charge on any atom is -0.466 e. The number of amides is 1. The largest absolute Gasteiger partial charge is 0.466 e. The maximum absolute atomic E-state index is 12.6. The highest BCUT2D eigenvalue weighted by molar-refractivity contribution is 5.76. The third-order valence-electron chi connectivity index (χ3n) is 16.7. The number of hydrogen-bond donors (Lipinski definition) is 3. The summed E-state index contributed by atoms with van der Waals surface area (Å²) in [5.74, 6) is -0.0374. The molecule has 0 aromatic carbocycles. The van der Waals surface area contributed by atoms with Crippen LogP contribution in [0.3, 0.4) is 0 Å². The highest BCUT2D eigenvalue weighted by Gasteiger charge is 2.20. The van der Waals surface area contributed by atoms with E-state index in [1.165, 1.54) is 308 Å². The van der Waals surface area contributed by atoms with Gasteiger partial charge in [0.2, 0.25) is 5.91 Å². The Hall–Kier alpha value is -1.92. The third-order valence-corrected chi connectivity index (χ3v) is 16.7. The number of aliphatic hydroxyl groups excluding tert-OH is 2. The average Bonchev–Trinajstić information content (AvgIpc) is 3.45. The first-order valence-corrected chi connectivity index (χ1v) is 35.7. The van der Waals surface area contributed by atoms with Crippen LogP contribution < -0.4 is 5.32 Å². The Labute approximate surface area is 494 Å². The molecule has 79 heavy (non-hydrogen) atoms. The van der Waals surface area contributed by atoms with Gasteiger partial charge < -0.3 is 20.3 Å². The van der Waals surface area contributed by atoms with Crippen LogP contribution in [0.15, 0.2) is 36.5 Å². The average molecular weight is 1110 g/mol. The highest BCUT2D eigenvalue weighted by atomic mass is 16.5. The van der Waals surface area contributed by atoms with Crippen molar-refractivity contribution in [2.75, 3.05) is 13.2 Å². The molecule has 0 aliphatic heterocycles. The summed E-state index contributed by atoms with van der Waals surface area (Å²) in [5.41, 5.74) is 0. The van der Waals surface area contributed by atoms with Crippen molar-refractivity contribution in [3.63, 3.8) is 0 Å². The van der Waals surface area contributed by atoms with Gasteiger partial charge in [0.1, 0.15) is 0 Å². The Bertz CT molecular complexity index is 1280. The summed E-state index contributed by atoms with van der Waals surface area (Å²) in [6.07, 6.45) is 87.6. The summed E-state index contributed by atoms with van der Waals surface area (Å²) in [6, 6.07) is -0.549. The van der Waals surface area contributed by atoms with Crippen LogP contribution in [0.25, 0.3) is 0 Å². The molecule has 0 spiro atoms. The summed E-state index contributed by atoms with van der Waals surface area (Å²) >= 11 is 0. The zero-order chi connectivity index (χ0) is 57.1. The van der Waals surface area contributed by atoms with E-state index in [0.29, 0.717) is 25.9 Å². The summed E-state index contributed by atoms with van der Waals surface area (Å²) < 4.78 is 5.49. The maximum Gasteiger partial charge on any atom is 0.305 e. The number of esters is 1. The van der Waals surface area contributed by atoms with E-state index >= 15 is 0 Å². The van der Waals surface area contributed by atoms with Gasteiger partial charge in [-0.1, -0.05) is 333 Å². The second-order valence-electron chi connectivity index (χ2n) is 24.6. The van der Waals surface area contributed by atoms with E-state index in [4.69, 9.17) is 4.74 Å². The zero-order valence-electron chi connectivity index (χ0n) is 53.4. The van der Waals surface area contributed by atoms with Gasteiger partial charge in [-0.05, 0) is 83.5 Å². The van der Waals surface area contributed by atoms with Gasteiger partial charge in [0, 0.05) is 12.8 Å². The third kappa shape index (κ3) is 65.1. The smallest absolute Gasteiger partial charge is 0.305 e. The first-order valence-electron chi connectivity index (χ1n) is 35.7. The van der Waals surface area contributed by atoms with E-state index < -0.39 is 12.1 Å². The summed E-state index contributed by atoms with van der Waals surface area (Å²) in [4.78, 5) is 24.6. The fourth-order valence-corrected chi connectivity index (χ4v) is 11.2. The second kappa shape index (κ2) is 68.6. The first-order chi connectivity index (χ1) is 39.0. The monoisotopic (exact) mass is 1110 g/mol. The predicted octanol–water partition coefficient (Wildman–Crippen LogP) is 23.1. The number of unbranched alkanes of at least 4 members (excludes halogenated alkanes) is 50.